The Labute approximate surface area is 125 Å². The van der Waals surface area contributed by atoms with E-state index in [0.717, 1.165) is 42.7 Å². The zero-order valence-electron chi connectivity index (χ0n) is 12.2. The summed E-state index contributed by atoms with van der Waals surface area (Å²) in [5, 5.41) is 0. The van der Waals surface area contributed by atoms with E-state index in [1.165, 1.54) is 5.56 Å². The summed E-state index contributed by atoms with van der Waals surface area (Å²) < 4.78 is 6.31. The van der Waals surface area contributed by atoms with Crippen molar-refractivity contribution in [2.24, 2.45) is 0 Å². The first kappa shape index (κ1) is 16.5. The van der Waals surface area contributed by atoms with Crippen LogP contribution in [0.25, 0.3) is 0 Å². The third kappa shape index (κ3) is 5.13. The van der Waals surface area contributed by atoms with Crippen molar-refractivity contribution in [3.63, 3.8) is 0 Å². The molecule has 19 heavy (non-hydrogen) atoms. The van der Waals surface area contributed by atoms with E-state index in [2.05, 4.69) is 40.7 Å². The lowest BCUT2D eigenvalue weighted by Gasteiger charge is -2.30. The van der Waals surface area contributed by atoms with Gasteiger partial charge in [-0.05, 0) is 30.5 Å². The maximum absolute atomic E-state index is 5.79. The first-order valence-electron chi connectivity index (χ1n) is 6.89. The summed E-state index contributed by atoms with van der Waals surface area (Å²) in [5.41, 5.74) is 7.86. The molecule has 0 bridgehead atoms. The lowest BCUT2D eigenvalue weighted by atomic mass is 10.1. The highest BCUT2D eigenvalue weighted by atomic mass is 79.9. The molecule has 0 aliphatic heterocycles. The maximum atomic E-state index is 5.79. The molecule has 1 aromatic carbocycles. The molecule has 0 spiro atoms. The molecule has 0 saturated heterocycles. The highest BCUT2D eigenvalue weighted by molar-refractivity contribution is 9.10. The van der Waals surface area contributed by atoms with Crippen molar-refractivity contribution >= 4 is 21.6 Å². The van der Waals surface area contributed by atoms with Gasteiger partial charge in [-0.25, -0.2) is 0 Å². The minimum atomic E-state index is 0.597. The Hall–Kier alpha value is -0.580. The van der Waals surface area contributed by atoms with Gasteiger partial charge in [-0.1, -0.05) is 35.8 Å². The van der Waals surface area contributed by atoms with E-state index >= 15 is 0 Å². The lowest BCUT2D eigenvalue weighted by molar-refractivity contribution is 0.110. The minimum absolute atomic E-state index is 0.597. The topological polar surface area (TPSA) is 38.5 Å². The van der Waals surface area contributed by atoms with Gasteiger partial charge >= 0.3 is 0 Å². The second-order valence-corrected chi connectivity index (χ2v) is 5.64. The molecule has 2 N–H and O–H groups in total. The number of hydrogen-bond donors (Lipinski definition) is 1. The second-order valence-electron chi connectivity index (χ2n) is 4.78. The summed E-state index contributed by atoms with van der Waals surface area (Å²) in [4.78, 5) is 2.49. The molecule has 0 amide bonds. The quantitative estimate of drug-likeness (QED) is 0.740. The summed E-state index contributed by atoms with van der Waals surface area (Å²) >= 11 is 3.60. The number of nitrogens with two attached hydrogens (primary N) is 1. The van der Waals surface area contributed by atoms with Gasteiger partial charge in [0.2, 0.25) is 0 Å². The second kappa shape index (κ2) is 8.56. The van der Waals surface area contributed by atoms with Gasteiger partial charge in [0.25, 0.3) is 0 Å². The first-order valence-corrected chi connectivity index (χ1v) is 7.68. The van der Waals surface area contributed by atoms with Gasteiger partial charge in [0.1, 0.15) is 0 Å². The van der Waals surface area contributed by atoms with E-state index in [1.807, 2.05) is 12.1 Å². The molecule has 0 fully saturated rings. The van der Waals surface area contributed by atoms with Crippen molar-refractivity contribution in [2.45, 2.75) is 39.3 Å². The van der Waals surface area contributed by atoms with E-state index in [1.54, 1.807) is 7.11 Å². The number of nitrogen functional groups attached to an aromatic ring is 1. The fourth-order valence-electron chi connectivity index (χ4n) is 2.31. The first-order chi connectivity index (χ1) is 9.12. The van der Waals surface area contributed by atoms with Crippen LogP contribution in [-0.2, 0) is 11.3 Å². The number of halogens is 1. The largest absolute Gasteiger partial charge is 0.399 e. The predicted molar refractivity (Wildman–Crippen MR) is 85.2 cm³/mol. The van der Waals surface area contributed by atoms with Crippen LogP contribution in [0.1, 0.15) is 32.3 Å². The number of rotatable bonds is 8. The average molecular weight is 329 g/mol. The van der Waals surface area contributed by atoms with Gasteiger partial charge in [-0.2, -0.15) is 0 Å². The van der Waals surface area contributed by atoms with Crippen LogP contribution in [-0.4, -0.2) is 31.2 Å². The van der Waals surface area contributed by atoms with Gasteiger partial charge in [0, 0.05) is 36.4 Å². The highest BCUT2D eigenvalue weighted by Gasteiger charge is 2.16. The summed E-state index contributed by atoms with van der Waals surface area (Å²) in [6, 6.07) is 6.62. The monoisotopic (exact) mass is 328 g/mol. The molecular formula is C15H25BrN2O. The molecule has 0 aromatic heterocycles. The number of anilines is 1. The standard InChI is InChI=1S/C15H25BrN2O/c1-4-14(5-2)18(8-9-19-3)11-12-6-7-13(17)10-15(12)16/h6-7,10,14H,4-5,8-9,11,17H2,1-3H3. The molecule has 0 radical (unpaired) electrons. The number of ether oxygens (including phenoxy) is 1. The molecule has 4 heteroatoms. The Balaban J connectivity index is 2.80. The van der Waals surface area contributed by atoms with Gasteiger partial charge in [0.15, 0.2) is 0 Å². The summed E-state index contributed by atoms with van der Waals surface area (Å²) in [5.74, 6) is 0. The average Bonchev–Trinajstić information content (AvgIpc) is 2.39. The molecule has 0 atom stereocenters. The number of benzene rings is 1. The fraction of sp³-hybridized carbons (Fsp3) is 0.600. The molecule has 0 saturated carbocycles. The van der Waals surface area contributed by atoms with E-state index in [-0.39, 0.29) is 0 Å². The third-order valence-electron chi connectivity index (χ3n) is 3.49. The fourth-order valence-corrected chi connectivity index (χ4v) is 2.84. The third-order valence-corrected chi connectivity index (χ3v) is 4.23. The van der Waals surface area contributed by atoms with Crippen LogP contribution in [0.3, 0.4) is 0 Å². The smallest absolute Gasteiger partial charge is 0.0589 e. The molecule has 1 aromatic rings. The van der Waals surface area contributed by atoms with Crippen LogP contribution in [0.5, 0.6) is 0 Å². The molecule has 0 heterocycles. The Kier molecular flexibility index (Phi) is 7.42. The minimum Gasteiger partial charge on any atom is -0.399 e. The maximum Gasteiger partial charge on any atom is 0.0589 e. The summed E-state index contributed by atoms with van der Waals surface area (Å²) in [7, 11) is 1.75. The molecule has 108 valence electrons. The van der Waals surface area contributed by atoms with Gasteiger partial charge in [-0.3, -0.25) is 4.90 Å². The summed E-state index contributed by atoms with van der Waals surface area (Å²) in [6.07, 6.45) is 2.32. The lowest BCUT2D eigenvalue weighted by Crippen LogP contribution is -2.36. The van der Waals surface area contributed by atoms with Crippen molar-refractivity contribution in [3.05, 3.63) is 28.2 Å². The van der Waals surface area contributed by atoms with Crippen molar-refractivity contribution in [1.82, 2.24) is 4.90 Å². The van der Waals surface area contributed by atoms with Crippen LogP contribution in [0.4, 0.5) is 5.69 Å². The van der Waals surface area contributed by atoms with Crippen LogP contribution >= 0.6 is 15.9 Å². The van der Waals surface area contributed by atoms with E-state index < -0.39 is 0 Å². The predicted octanol–water partition coefficient (Wildman–Crippen LogP) is 3.67. The van der Waals surface area contributed by atoms with Crippen LogP contribution in [0, 0.1) is 0 Å². The van der Waals surface area contributed by atoms with Crippen molar-refractivity contribution in [3.8, 4) is 0 Å². The van der Waals surface area contributed by atoms with Gasteiger partial charge in [0.05, 0.1) is 6.61 Å². The Bertz CT molecular complexity index is 380. The Morgan fingerprint density at radius 3 is 2.53 bits per heavy atom. The number of methoxy groups -OCH3 is 1. The van der Waals surface area contributed by atoms with Crippen molar-refractivity contribution in [2.75, 3.05) is 26.0 Å². The summed E-state index contributed by atoms with van der Waals surface area (Å²) in [6.45, 7) is 7.14. The molecule has 0 aliphatic carbocycles. The van der Waals surface area contributed by atoms with E-state index in [0.29, 0.717) is 6.04 Å². The zero-order valence-corrected chi connectivity index (χ0v) is 13.7. The normalized spacial score (nSPS) is 11.5. The van der Waals surface area contributed by atoms with Crippen molar-refractivity contribution < 1.29 is 4.74 Å². The highest BCUT2D eigenvalue weighted by Crippen LogP contribution is 2.23. The van der Waals surface area contributed by atoms with E-state index in [4.69, 9.17) is 10.5 Å². The molecule has 1 rings (SSSR count). The van der Waals surface area contributed by atoms with Crippen LogP contribution in [0.15, 0.2) is 22.7 Å². The van der Waals surface area contributed by atoms with Gasteiger partial charge < -0.3 is 10.5 Å². The molecule has 3 nitrogen and oxygen atoms in total. The SMILES string of the molecule is CCC(CC)N(CCOC)Cc1ccc(N)cc1Br. The van der Waals surface area contributed by atoms with Crippen molar-refractivity contribution in [1.29, 1.82) is 0 Å². The van der Waals surface area contributed by atoms with Crippen LogP contribution in [0.2, 0.25) is 0 Å². The zero-order chi connectivity index (χ0) is 14.3. The van der Waals surface area contributed by atoms with Crippen LogP contribution < -0.4 is 5.73 Å². The number of nitrogens with zero attached hydrogens (tertiary/aromatic N) is 1. The molecular weight excluding hydrogens is 304 g/mol. The molecule has 0 aliphatic rings. The molecule has 0 unspecified atom stereocenters. The Morgan fingerprint density at radius 2 is 2.00 bits per heavy atom. The Morgan fingerprint density at radius 1 is 1.32 bits per heavy atom. The van der Waals surface area contributed by atoms with Gasteiger partial charge in [-0.15, -0.1) is 0 Å². The number of hydrogen-bond acceptors (Lipinski definition) is 3. The van der Waals surface area contributed by atoms with E-state index in [9.17, 15) is 0 Å².